The Labute approximate surface area is 103 Å². The Morgan fingerprint density at radius 1 is 1.56 bits per heavy atom. The topological polar surface area (TPSA) is 70.7 Å². The van der Waals surface area contributed by atoms with Crippen LogP contribution < -0.4 is 4.74 Å². The van der Waals surface area contributed by atoms with Gasteiger partial charge in [-0.05, 0) is 0 Å². The Bertz CT molecular complexity index is 566. The first-order chi connectivity index (χ1) is 8.63. The van der Waals surface area contributed by atoms with E-state index in [1.807, 2.05) is 0 Å². The number of esters is 1. The van der Waals surface area contributed by atoms with E-state index < -0.39 is 0 Å². The van der Waals surface area contributed by atoms with Crippen LogP contribution in [0, 0.1) is 5.92 Å². The zero-order valence-corrected chi connectivity index (χ0v) is 10.1. The van der Waals surface area contributed by atoms with Gasteiger partial charge in [-0.25, -0.2) is 0 Å². The monoisotopic (exact) mass is 251 g/mol. The molecule has 0 aliphatic heterocycles. The number of rotatable bonds is 5. The molecule has 2 rings (SSSR count). The standard InChI is InChI=1S/C12H13NO5/c1-8(2)12(15)17-6-13-9-3-4-16-10(9)5-11(13)18-7-14/h3-5,7-8H,6H2,1-2H3. The predicted molar refractivity (Wildman–Crippen MR) is 61.8 cm³/mol. The van der Waals surface area contributed by atoms with Gasteiger partial charge in [-0.15, -0.1) is 0 Å². The highest BCUT2D eigenvalue weighted by atomic mass is 16.6. The maximum absolute atomic E-state index is 11.4. The van der Waals surface area contributed by atoms with E-state index in [0.29, 0.717) is 17.6 Å². The van der Waals surface area contributed by atoms with Crippen molar-refractivity contribution in [3.63, 3.8) is 0 Å². The Balaban J connectivity index is 2.23. The van der Waals surface area contributed by atoms with Gasteiger partial charge in [0, 0.05) is 12.1 Å². The maximum Gasteiger partial charge on any atom is 0.310 e. The third-order valence-electron chi connectivity index (χ3n) is 2.46. The predicted octanol–water partition coefficient (Wildman–Crippen LogP) is 1.93. The lowest BCUT2D eigenvalue weighted by molar-refractivity contribution is -0.151. The third-order valence-corrected chi connectivity index (χ3v) is 2.46. The summed E-state index contributed by atoms with van der Waals surface area (Å²) >= 11 is 0. The van der Waals surface area contributed by atoms with E-state index in [9.17, 15) is 9.59 Å². The van der Waals surface area contributed by atoms with E-state index in [1.54, 1.807) is 30.5 Å². The maximum atomic E-state index is 11.4. The molecule has 18 heavy (non-hydrogen) atoms. The molecule has 0 fully saturated rings. The average Bonchev–Trinajstić information content (AvgIpc) is 2.87. The number of hydrogen-bond acceptors (Lipinski definition) is 5. The Kier molecular flexibility index (Phi) is 3.36. The molecule has 0 N–H and O–H groups in total. The molecule has 0 unspecified atom stereocenters. The quantitative estimate of drug-likeness (QED) is 0.599. The zero-order valence-electron chi connectivity index (χ0n) is 10.1. The van der Waals surface area contributed by atoms with Gasteiger partial charge in [-0.1, -0.05) is 13.8 Å². The summed E-state index contributed by atoms with van der Waals surface area (Å²) in [7, 11) is 0. The van der Waals surface area contributed by atoms with E-state index in [0.717, 1.165) is 0 Å². The number of aromatic nitrogens is 1. The molecule has 0 aromatic carbocycles. The lowest BCUT2D eigenvalue weighted by Crippen LogP contribution is -2.15. The number of fused-ring (bicyclic) bond motifs is 1. The molecule has 2 aromatic heterocycles. The molecule has 0 aliphatic carbocycles. The largest absolute Gasteiger partial charge is 0.463 e. The lowest BCUT2D eigenvalue weighted by atomic mass is 10.2. The second-order valence-corrected chi connectivity index (χ2v) is 4.04. The van der Waals surface area contributed by atoms with Crippen LogP contribution in [0.15, 0.2) is 22.8 Å². The third kappa shape index (κ3) is 2.22. The van der Waals surface area contributed by atoms with Gasteiger partial charge in [0.2, 0.25) is 5.88 Å². The molecule has 0 amide bonds. The lowest BCUT2D eigenvalue weighted by Gasteiger charge is -2.10. The number of ether oxygens (including phenoxy) is 2. The van der Waals surface area contributed by atoms with Crippen molar-refractivity contribution < 1.29 is 23.5 Å². The van der Waals surface area contributed by atoms with Crippen LogP contribution in [0.2, 0.25) is 0 Å². The molecule has 0 saturated carbocycles. The fourth-order valence-electron chi connectivity index (χ4n) is 1.53. The zero-order chi connectivity index (χ0) is 13.1. The summed E-state index contributed by atoms with van der Waals surface area (Å²) in [6.45, 7) is 3.78. The summed E-state index contributed by atoms with van der Waals surface area (Å²) in [6, 6.07) is 3.27. The van der Waals surface area contributed by atoms with E-state index in [4.69, 9.17) is 13.9 Å². The van der Waals surface area contributed by atoms with Crippen LogP contribution in [-0.2, 0) is 21.1 Å². The SMILES string of the molecule is CC(C)C(=O)OCn1c(OC=O)cc2occc21. The molecule has 0 aliphatic rings. The molecule has 6 heteroatoms. The number of carbonyl (C=O) groups excluding carboxylic acids is 2. The fourth-order valence-corrected chi connectivity index (χ4v) is 1.53. The number of nitrogens with zero attached hydrogens (tertiary/aromatic N) is 1. The van der Waals surface area contributed by atoms with Crippen molar-refractivity contribution in [2.75, 3.05) is 0 Å². The summed E-state index contributed by atoms with van der Waals surface area (Å²) < 4.78 is 16.6. The molecule has 96 valence electrons. The van der Waals surface area contributed by atoms with Crippen molar-refractivity contribution in [3.05, 3.63) is 18.4 Å². The van der Waals surface area contributed by atoms with Gasteiger partial charge in [0.15, 0.2) is 12.3 Å². The Hall–Kier alpha value is -2.24. The van der Waals surface area contributed by atoms with Gasteiger partial charge in [0.05, 0.1) is 17.7 Å². The molecule has 0 spiro atoms. The number of hydrogen-bond donors (Lipinski definition) is 0. The molecule has 2 aromatic rings. The highest BCUT2D eigenvalue weighted by Crippen LogP contribution is 2.26. The molecule has 2 heterocycles. The minimum Gasteiger partial charge on any atom is -0.463 e. The highest BCUT2D eigenvalue weighted by Gasteiger charge is 2.15. The molecule has 0 atom stereocenters. The van der Waals surface area contributed by atoms with E-state index in [-0.39, 0.29) is 24.5 Å². The van der Waals surface area contributed by atoms with Crippen LogP contribution in [-0.4, -0.2) is 17.0 Å². The van der Waals surface area contributed by atoms with Crippen molar-refractivity contribution in [2.24, 2.45) is 5.92 Å². The van der Waals surface area contributed by atoms with E-state index in [2.05, 4.69) is 0 Å². The summed E-state index contributed by atoms with van der Waals surface area (Å²) in [5.74, 6) is -0.260. The van der Waals surface area contributed by atoms with Crippen LogP contribution in [0.25, 0.3) is 11.1 Å². The second-order valence-electron chi connectivity index (χ2n) is 4.04. The van der Waals surface area contributed by atoms with Crippen molar-refractivity contribution in [1.29, 1.82) is 0 Å². The highest BCUT2D eigenvalue weighted by molar-refractivity contribution is 5.77. The van der Waals surface area contributed by atoms with Gasteiger partial charge in [0.25, 0.3) is 6.47 Å². The minimum atomic E-state index is -0.322. The van der Waals surface area contributed by atoms with Crippen LogP contribution in [0.3, 0.4) is 0 Å². The van der Waals surface area contributed by atoms with Gasteiger partial charge >= 0.3 is 5.97 Å². The van der Waals surface area contributed by atoms with Gasteiger partial charge in [-0.2, -0.15) is 0 Å². The molecular formula is C12H13NO5. The van der Waals surface area contributed by atoms with E-state index >= 15 is 0 Å². The van der Waals surface area contributed by atoms with Gasteiger partial charge in [-0.3, -0.25) is 14.2 Å². The number of furan rings is 1. The Morgan fingerprint density at radius 2 is 2.33 bits per heavy atom. The van der Waals surface area contributed by atoms with Crippen LogP contribution >= 0.6 is 0 Å². The van der Waals surface area contributed by atoms with Gasteiger partial charge in [0.1, 0.15) is 0 Å². The van der Waals surface area contributed by atoms with Crippen molar-refractivity contribution in [2.45, 2.75) is 20.6 Å². The normalized spacial score (nSPS) is 10.8. The van der Waals surface area contributed by atoms with E-state index in [1.165, 1.54) is 6.26 Å². The fraction of sp³-hybridized carbons (Fsp3) is 0.333. The molecule has 0 saturated heterocycles. The average molecular weight is 251 g/mol. The molecule has 6 nitrogen and oxygen atoms in total. The van der Waals surface area contributed by atoms with Gasteiger partial charge < -0.3 is 13.9 Å². The van der Waals surface area contributed by atoms with Crippen molar-refractivity contribution in [3.8, 4) is 5.88 Å². The molecule has 0 radical (unpaired) electrons. The first kappa shape index (κ1) is 12.2. The van der Waals surface area contributed by atoms with Crippen LogP contribution in [0.4, 0.5) is 0 Å². The first-order valence-electron chi connectivity index (χ1n) is 5.47. The second kappa shape index (κ2) is 4.95. The smallest absolute Gasteiger partial charge is 0.310 e. The molecule has 0 bridgehead atoms. The van der Waals surface area contributed by atoms with Crippen LogP contribution in [0.1, 0.15) is 13.8 Å². The summed E-state index contributed by atoms with van der Waals surface area (Å²) in [4.78, 5) is 21.8. The summed E-state index contributed by atoms with van der Waals surface area (Å²) in [6.07, 6.45) is 1.51. The van der Waals surface area contributed by atoms with Crippen molar-refractivity contribution in [1.82, 2.24) is 4.57 Å². The number of carbonyl (C=O) groups is 2. The first-order valence-corrected chi connectivity index (χ1v) is 5.47. The van der Waals surface area contributed by atoms with Crippen LogP contribution in [0.5, 0.6) is 5.88 Å². The summed E-state index contributed by atoms with van der Waals surface area (Å²) in [5.41, 5.74) is 1.26. The summed E-state index contributed by atoms with van der Waals surface area (Å²) in [5, 5.41) is 0. The Morgan fingerprint density at radius 3 is 3.00 bits per heavy atom. The van der Waals surface area contributed by atoms with Crippen molar-refractivity contribution >= 4 is 23.5 Å². The molecular weight excluding hydrogens is 238 g/mol. The minimum absolute atomic E-state index is 0.0246.